The lowest BCUT2D eigenvalue weighted by atomic mass is 9.65. The average molecular weight is 570 g/mol. The molecule has 2 saturated heterocycles. The highest BCUT2D eigenvalue weighted by atomic mass is 32.2. The van der Waals surface area contributed by atoms with Gasteiger partial charge in [-0.3, -0.25) is 9.79 Å². The number of aliphatic hydroxyl groups excluding tert-OH is 1. The molecule has 3 aliphatic rings. The Bertz CT molecular complexity index is 1310. The van der Waals surface area contributed by atoms with Crippen LogP contribution >= 0.6 is 0 Å². The summed E-state index contributed by atoms with van der Waals surface area (Å²) in [6.45, 7) is 2.85. The number of pyridine rings is 1. The zero-order valence-corrected chi connectivity index (χ0v) is 22.8. The predicted octanol–water partition coefficient (Wildman–Crippen LogP) is 2.68. The molecule has 2 N–H and O–H groups in total. The van der Waals surface area contributed by atoms with E-state index in [4.69, 9.17) is 14.9 Å². The second kappa shape index (κ2) is 12.5. The number of esters is 1. The van der Waals surface area contributed by atoms with Crippen LogP contribution in [0, 0.1) is 22.6 Å². The van der Waals surface area contributed by atoms with Crippen molar-refractivity contribution in [3.05, 3.63) is 60.1 Å². The summed E-state index contributed by atoms with van der Waals surface area (Å²) < 4.78 is 39.6. The van der Waals surface area contributed by atoms with Crippen molar-refractivity contribution < 1.29 is 28.0 Å². The summed E-state index contributed by atoms with van der Waals surface area (Å²) in [6, 6.07) is 9.41. The molecule has 0 spiro atoms. The van der Waals surface area contributed by atoms with Crippen molar-refractivity contribution in [3.63, 3.8) is 0 Å². The number of carbonyl (C=O) groups excluding carboxylic acids is 1. The highest BCUT2D eigenvalue weighted by Gasteiger charge is 2.52. The Hall–Kier alpha value is -3.32. The summed E-state index contributed by atoms with van der Waals surface area (Å²) in [5, 5.41) is 17.4. The number of aliphatic imine (C=N–C) groups is 1. The number of halogens is 1. The standard InChI is InChI=1S/C28H32FN5O5S/c29-22-1-3-23(4-2-22)32-25-15-21-7-8-34(19-28(21,16-20(25)17-30)27(36)39-14-11-35)40(37)24-5-6-26(31-18-24)33-9-12-38-13-10-33/h1-6,15,17-18,20,30,35H,7-14,16,19H2. The number of fused-ring (bicyclic) bond motifs is 1. The molecule has 1 aliphatic carbocycles. The number of hydrogen-bond donors (Lipinski definition) is 2. The van der Waals surface area contributed by atoms with E-state index in [0.29, 0.717) is 42.5 Å². The van der Waals surface area contributed by atoms with Crippen LogP contribution in [0.3, 0.4) is 0 Å². The van der Waals surface area contributed by atoms with Gasteiger partial charge in [0.05, 0.1) is 30.4 Å². The van der Waals surface area contributed by atoms with E-state index < -0.39 is 28.3 Å². The Morgan fingerprint density at radius 3 is 2.70 bits per heavy atom. The fourth-order valence-electron chi connectivity index (χ4n) is 5.36. The van der Waals surface area contributed by atoms with E-state index in [2.05, 4.69) is 14.9 Å². The molecule has 2 fully saturated rings. The number of nitrogens with zero attached hydrogens (tertiary/aromatic N) is 4. The number of allylic oxidation sites excluding steroid dienone is 1. The first kappa shape index (κ1) is 28.2. The van der Waals surface area contributed by atoms with E-state index in [-0.39, 0.29) is 32.0 Å². The molecule has 5 rings (SSSR count). The number of hydrogen-bond acceptors (Lipinski definition) is 9. The number of nitrogens with one attached hydrogen (secondary N) is 1. The molecule has 0 saturated carbocycles. The van der Waals surface area contributed by atoms with Crippen molar-refractivity contribution in [2.24, 2.45) is 16.3 Å². The SMILES string of the molecule is N=CC1CC2(C(=O)OCCO)CN(S(=O)c3ccc(N4CCOCC4)nc3)CCC2=CC1=Nc1ccc(F)cc1. The average Bonchev–Trinajstić information content (AvgIpc) is 3.00. The molecule has 1 aromatic carbocycles. The molecule has 2 aliphatic heterocycles. The number of ether oxygens (including phenoxy) is 2. The lowest BCUT2D eigenvalue weighted by molar-refractivity contribution is -0.156. The number of benzene rings is 1. The fraction of sp³-hybridized carbons (Fsp3) is 0.429. The third-order valence-corrected chi connectivity index (χ3v) is 8.88. The maximum absolute atomic E-state index is 13.7. The summed E-state index contributed by atoms with van der Waals surface area (Å²) >= 11 is 0. The third-order valence-electron chi connectivity index (χ3n) is 7.46. The summed E-state index contributed by atoms with van der Waals surface area (Å²) in [6.07, 6.45) is 5.31. The van der Waals surface area contributed by atoms with Crippen LogP contribution in [0.25, 0.3) is 0 Å². The molecule has 3 atom stereocenters. The van der Waals surface area contributed by atoms with E-state index in [1.54, 1.807) is 28.7 Å². The van der Waals surface area contributed by atoms with Gasteiger partial charge in [0.1, 0.15) is 34.6 Å². The van der Waals surface area contributed by atoms with E-state index >= 15 is 0 Å². The molecule has 0 radical (unpaired) electrons. The van der Waals surface area contributed by atoms with E-state index in [1.807, 2.05) is 12.1 Å². The van der Waals surface area contributed by atoms with Gasteiger partial charge in [-0.25, -0.2) is 17.9 Å². The van der Waals surface area contributed by atoms with Gasteiger partial charge in [0, 0.05) is 50.2 Å². The van der Waals surface area contributed by atoms with Crippen LogP contribution in [0.2, 0.25) is 0 Å². The molecule has 12 heteroatoms. The van der Waals surface area contributed by atoms with Gasteiger partial charge in [0.2, 0.25) is 0 Å². The number of morpholine rings is 1. The minimum Gasteiger partial charge on any atom is -0.463 e. The number of aromatic nitrogens is 1. The lowest BCUT2D eigenvalue weighted by Gasteiger charge is -2.45. The van der Waals surface area contributed by atoms with Crippen molar-refractivity contribution in [1.82, 2.24) is 9.29 Å². The third kappa shape index (κ3) is 5.90. The fourth-order valence-corrected chi connectivity index (χ4v) is 6.58. The minimum absolute atomic E-state index is 0.120. The number of anilines is 1. The van der Waals surface area contributed by atoms with Gasteiger partial charge in [-0.05, 0) is 60.9 Å². The van der Waals surface area contributed by atoms with Gasteiger partial charge in [-0.1, -0.05) is 0 Å². The molecule has 0 amide bonds. The Labute approximate surface area is 234 Å². The zero-order valence-electron chi connectivity index (χ0n) is 22.0. The molecular formula is C28H32FN5O5S. The van der Waals surface area contributed by atoms with Gasteiger partial charge < -0.3 is 24.9 Å². The van der Waals surface area contributed by atoms with Crippen LogP contribution in [-0.4, -0.2) is 89.1 Å². The van der Waals surface area contributed by atoms with E-state index in [1.165, 1.54) is 18.3 Å². The minimum atomic E-state index is -1.58. The first-order valence-electron chi connectivity index (χ1n) is 13.2. The molecule has 212 valence electrons. The molecule has 10 nitrogen and oxygen atoms in total. The van der Waals surface area contributed by atoms with Crippen molar-refractivity contribution in [1.29, 1.82) is 5.41 Å². The van der Waals surface area contributed by atoms with Gasteiger partial charge in [0.15, 0.2) is 0 Å². The Morgan fingerprint density at radius 2 is 2.02 bits per heavy atom. The zero-order chi connectivity index (χ0) is 28.1. The molecule has 40 heavy (non-hydrogen) atoms. The Balaban J connectivity index is 1.42. The monoisotopic (exact) mass is 569 g/mol. The maximum Gasteiger partial charge on any atom is 0.317 e. The number of carbonyl (C=O) groups is 1. The van der Waals surface area contributed by atoms with Gasteiger partial charge in [-0.2, -0.15) is 0 Å². The predicted molar refractivity (Wildman–Crippen MR) is 149 cm³/mol. The van der Waals surface area contributed by atoms with Crippen LogP contribution in [0.5, 0.6) is 0 Å². The van der Waals surface area contributed by atoms with Crippen molar-refractivity contribution in [2.45, 2.75) is 17.7 Å². The highest BCUT2D eigenvalue weighted by Crippen LogP contribution is 2.46. The number of aliphatic hydroxyl groups is 1. The Kier molecular flexibility index (Phi) is 8.79. The summed E-state index contributed by atoms with van der Waals surface area (Å²) in [5.41, 5.74) is 0.763. The number of piperidine rings is 1. The number of rotatable bonds is 8. The molecule has 3 heterocycles. The molecule has 2 aromatic rings. The van der Waals surface area contributed by atoms with Crippen molar-refractivity contribution in [2.75, 3.05) is 57.5 Å². The summed E-state index contributed by atoms with van der Waals surface area (Å²) in [7, 11) is -1.58. The normalized spacial score (nSPS) is 25.1. The molecular weight excluding hydrogens is 537 g/mol. The Morgan fingerprint density at radius 1 is 1.25 bits per heavy atom. The first-order valence-corrected chi connectivity index (χ1v) is 14.3. The second-order valence-corrected chi connectivity index (χ2v) is 11.4. The van der Waals surface area contributed by atoms with Crippen LogP contribution in [0.4, 0.5) is 15.9 Å². The van der Waals surface area contributed by atoms with Crippen molar-refractivity contribution >= 4 is 40.4 Å². The van der Waals surface area contributed by atoms with Crippen molar-refractivity contribution in [3.8, 4) is 0 Å². The van der Waals surface area contributed by atoms with Crippen LogP contribution in [0.15, 0.2) is 64.1 Å². The topological polar surface area (TPSA) is 128 Å². The molecule has 0 bridgehead atoms. The van der Waals surface area contributed by atoms with Gasteiger partial charge in [-0.15, -0.1) is 0 Å². The smallest absolute Gasteiger partial charge is 0.317 e. The van der Waals surface area contributed by atoms with E-state index in [9.17, 15) is 18.5 Å². The van der Waals surface area contributed by atoms with Crippen LogP contribution in [-0.2, 0) is 25.3 Å². The van der Waals surface area contributed by atoms with Crippen LogP contribution < -0.4 is 4.90 Å². The second-order valence-electron chi connectivity index (χ2n) is 9.92. The molecule has 3 unspecified atom stereocenters. The van der Waals surface area contributed by atoms with Gasteiger partial charge >= 0.3 is 5.97 Å². The van der Waals surface area contributed by atoms with E-state index in [0.717, 1.165) is 24.5 Å². The summed E-state index contributed by atoms with van der Waals surface area (Å²) in [5.74, 6) is -0.612. The van der Waals surface area contributed by atoms with Gasteiger partial charge in [0.25, 0.3) is 0 Å². The van der Waals surface area contributed by atoms with Crippen LogP contribution in [0.1, 0.15) is 12.8 Å². The first-order chi connectivity index (χ1) is 19.4. The largest absolute Gasteiger partial charge is 0.463 e. The highest BCUT2D eigenvalue weighted by molar-refractivity contribution is 7.82. The summed E-state index contributed by atoms with van der Waals surface area (Å²) in [4.78, 5) is 25.3. The quantitative estimate of drug-likeness (QED) is 0.370. The maximum atomic E-state index is 13.7. The lowest BCUT2D eigenvalue weighted by Crippen LogP contribution is -2.53. The molecule has 1 aromatic heterocycles.